The summed E-state index contributed by atoms with van der Waals surface area (Å²) in [6, 6.07) is 5.58. The number of rotatable bonds is 8. The molecule has 4 nitrogen and oxygen atoms in total. The molecule has 0 spiro atoms. The molecule has 1 amide bonds. The molecule has 0 radical (unpaired) electrons. The number of carbonyl (C=O) groups is 1. The highest BCUT2D eigenvalue weighted by molar-refractivity contribution is 5.75. The van der Waals surface area contributed by atoms with Gasteiger partial charge in [0.25, 0.3) is 0 Å². The molecule has 110 valence electrons. The van der Waals surface area contributed by atoms with Crippen LogP contribution in [0, 0.1) is 11.7 Å². The first-order chi connectivity index (χ1) is 9.63. The Balaban J connectivity index is 1.58. The average molecular weight is 281 g/mol. The molecule has 1 unspecified atom stereocenters. The van der Waals surface area contributed by atoms with Crippen LogP contribution >= 0.6 is 0 Å². The van der Waals surface area contributed by atoms with Crippen LogP contribution in [0.1, 0.15) is 25.7 Å². The lowest BCUT2D eigenvalue weighted by atomic mass is 10.2. The number of amides is 1. The number of nitrogens with one attached hydrogen (secondary N) is 1. The molecule has 20 heavy (non-hydrogen) atoms. The molecule has 1 aliphatic carbocycles. The van der Waals surface area contributed by atoms with Gasteiger partial charge in [-0.1, -0.05) is 12.8 Å². The van der Waals surface area contributed by atoms with Gasteiger partial charge in [-0.25, -0.2) is 4.39 Å². The fourth-order valence-corrected chi connectivity index (χ4v) is 1.84. The van der Waals surface area contributed by atoms with E-state index in [9.17, 15) is 14.3 Å². The summed E-state index contributed by atoms with van der Waals surface area (Å²) in [4.78, 5) is 11.5. The summed E-state index contributed by atoms with van der Waals surface area (Å²) in [5, 5.41) is 12.4. The second kappa shape index (κ2) is 7.24. The number of benzene rings is 1. The first-order valence-corrected chi connectivity index (χ1v) is 6.96. The van der Waals surface area contributed by atoms with Crippen LogP contribution in [0.3, 0.4) is 0 Å². The van der Waals surface area contributed by atoms with Crippen molar-refractivity contribution in [1.29, 1.82) is 0 Å². The van der Waals surface area contributed by atoms with E-state index in [0.29, 0.717) is 12.2 Å². The normalized spacial score (nSPS) is 15.7. The standard InChI is InChI=1S/C15H20FNO3/c16-12-4-6-14(7-5-12)20-10-13(18)9-17-15(19)8-3-11-1-2-11/h4-7,11,13,18H,1-3,8-10H2,(H,17,19). The number of hydrogen-bond donors (Lipinski definition) is 2. The maximum Gasteiger partial charge on any atom is 0.220 e. The van der Waals surface area contributed by atoms with Crippen LogP contribution in [-0.4, -0.2) is 30.3 Å². The van der Waals surface area contributed by atoms with Gasteiger partial charge in [-0.15, -0.1) is 0 Å². The first kappa shape index (κ1) is 14.8. The van der Waals surface area contributed by atoms with Gasteiger partial charge in [0.1, 0.15) is 24.3 Å². The maximum atomic E-state index is 12.7. The monoisotopic (exact) mass is 281 g/mol. The highest BCUT2D eigenvalue weighted by atomic mass is 19.1. The minimum atomic E-state index is -0.773. The zero-order valence-corrected chi connectivity index (χ0v) is 11.3. The van der Waals surface area contributed by atoms with E-state index in [1.165, 1.54) is 37.1 Å². The van der Waals surface area contributed by atoms with Gasteiger partial charge >= 0.3 is 0 Å². The minimum Gasteiger partial charge on any atom is -0.491 e. The van der Waals surface area contributed by atoms with Crippen molar-refractivity contribution in [3.63, 3.8) is 0 Å². The Morgan fingerprint density at radius 2 is 2.10 bits per heavy atom. The van der Waals surface area contributed by atoms with Gasteiger partial charge in [0.2, 0.25) is 5.91 Å². The van der Waals surface area contributed by atoms with Gasteiger partial charge in [0, 0.05) is 13.0 Å². The largest absolute Gasteiger partial charge is 0.491 e. The van der Waals surface area contributed by atoms with Crippen LogP contribution in [0.2, 0.25) is 0 Å². The van der Waals surface area contributed by atoms with Crippen molar-refractivity contribution in [1.82, 2.24) is 5.32 Å². The second-order valence-electron chi connectivity index (χ2n) is 5.20. The number of hydrogen-bond acceptors (Lipinski definition) is 3. The van der Waals surface area contributed by atoms with Crippen molar-refractivity contribution in [2.24, 2.45) is 5.92 Å². The van der Waals surface area contributed by atoms with Crippen molar-refractivity contribution in [3.8, 4) is 5.75 Å². The lowest BCUT2D eigenvalue weighted by molar-refractivity contribution is -0.121. The van der Waals surface area contributed by atoms with Gasteiger partial charge in [-0.05, 0) is 36.6 Å². The zero-order chi connectivity index (χ0) is 14.4. The Hall–Kier alpha value is -1.62. The molecular formula is C15H20FNO3. The van der Waals surface area contributed by atoms with Crippen molar-refractivity contribution in [2.45, 2.75) is 31.8 Å². The summed E-state index contributed by atoms with van der Waals surface area (Å²) in [7, 11) is 0. The number of carbonyl (C=O) groups excluding carboxylic acids is 1. The Morgan fingerprint density at radius 3 is 2.75 bits per heavy atom. The number of aliphatic hydroxyl groups excluding tert-OH is 1. The molecule has 5 heteroatoms. The summed E-state index contributed by atoms with van der Waals surface area (Å²) in [5.41, 5.74) is 0. The summed E-state index contributed by atoms with van der Waals surface area (Å²) < 4.78 is 18.0. The summed E-state index contributed by atoms with van der Waals surface area (Å²) in [6.07, 6.45) is 3.16. The second-order valence-corrected chi connectivity index (χ2v) is 5.20. The van der Waals surface area contributed by atoms with E-state index < -0.39 is 6.10 Å². The van der Waals surface area contributed by atoms with E-state index in [1.54, 1.807) is 0 Å². The number of ether oxygens (including phenoxy) is 1. The minimum absolute atomic E-state index is 0.0299. The van der Waals surface area contributed by atoms with Crippen molar-refractivity contribution >= 4 is 5.91 Å². The highest BCUT2D eigenvalue weighted by Crippen LogP contribution is 2.33. The van der Waals surface area contributed by atoms with Crippen molar-refractivity contribution < 1.29 is 19.0 Å². The molecule has 1 fully saturated rings. The molecule has 0 aromatic heterocycles. The first-order valence-electron chi connectivity index (χ1n) is 6.96. The molecular weight excluding hydrogens is 261 g/mol. The van der Waals surface area contributed by atoms with Gasteiger partial charge in [0.15, 0.2) is 0 Å². The van der Waals surface area contributed by atoms with Crippen LogP contribution in [0.25, 0.3) is 0 Å². The quantitative estimate of drug-likeness (QED) is 0.765. The lowest BCUT2D eigenvalue weighted by Gasteiger charge is -2.13. The SMILES string of the molecule is O=C(CCC1CC1)NCC(O)COc1ccc(F)cc1. The molecule has 2 N–H and O–H groups in total. The fraction of sp³-hybridized carbons (Fsp3) is 0.533. The van der Waals surface area contributed by atoms with E-state index in [-0.39, 0.29) is 24.9 Å². The van der Waals surface area contributed by atoms with Crippen LogP contribution in [0.15, 0.2) is 24.3 Å². The topological polar surface area (TPSA) is 58.6 Å². The van der Waals surface area contributed by atoms with Crippen LogP contribution in [-0.2, 0) is 4.79 Å². The number of halogens is 1. The molecule has 0 heterocycles. The maximum absolute atomic E-state index is 12.7. The molecule has 1 aliphatic rings. The van der Waals surface area contributed by atoms with Gasteiger partial charge in [0.05, 0.1) is 0 Å². The highest BCUT2D eigenvalue weighted by Gasteiger charge is 2.21. The molecule has 0 saturated heterocycles. The molecule has 0 bridgehead atoms. The van der Waals surface area contributed by atoms with Crippen LogP contribution in [0.5, 0.6) is 5.75 Å². The third kappa shape index (κ3) is 5.57. The smallest absolute Gasteiger partial charge is 0.220 e. The number of aliphatic hydroxyl groups is 1. The van der Waals surface area contributed by atoms with Crippen molar-refractivity contribution in [2.75, 3.05) is 13.2 Å². The van der Waals surface area contributed by atoms with Crippen LogP contribution in [0.4, 0.5) is 4.39 Å². The molecule has 1 aromatic carbocycles. The van der Waals surface area contributed by atoms with Crippen LogP contribution < -0.4 is 10.1 Å². The Kier molecular flexibility index (Phi) is 5.35. The third-order valence-electron chi connectivity index (χ3n) is 3.27. The zero-order valence-electron chi connectivity index (χ0n) is 11.3. The molecule has 0 aliphatic heterocycles. The Labute approximate surface area is 117 Å². The summed E-state index contributed by atoms with van der Waals surface area (Å²) >= 11 is 0. The molecule has 1 saturated carbocycles. The van der Waals surface area contributed by atoms with E-state index in [0.717, 1.165) is 12.3 Å². The third-order valence-corrected chi connectivity index (χ3v) is 3.27. The fourth-order valence-electron chi connectivity index (χ4n) is 1.84. The summed E-state index contributed by atoms with van der Waals surface area (Å²) in [5.74, 6) is 0.858. The lowest BCUT2D eigenvalue weighted by Crippen LogP contribution is -2.35. The van der Waals surface area contributed by atoms with Gasteiger partial charge < -0.3 is 15.2 Å². The Bertz CT molecular complexity index is 431. The Morgan fingerprint density at radius 1 is 1.40 bits per heavy atom. The molecule has 2 rings (SSSR count). The molecule has 1 atom stereocenters. The average Bonchev–Trinajstić information content (AvgIpc) is 3.26. The van der Waals surface area contributed by atoms with E-state index in [1.807, 2.05) is 0 Å². The van der Waals surface area contributed by atoms with E-state index in [4.69, 9.17) is 4.74 Å². The predicted octanol–water partition coefficient (Wildman–Crippen LogP) is 1.87. The van der Waals surface area contributed by atoms with E-state index in [2.05, 4.69) is 5.32 Å². The predicted molar refractivity (Wildman–Crippen MR) is 72.9 cm³/mol. The molecule has 1 aromatic rings. The summed E-state index contributed by atoms with van der Waals surface area (Å²) in [6.45, 7) is 0.235. The van der Waals surface area contributed by atoms with E-state index >= 15 is 0 Å². The van der Waals surface area contributed by atoms with Gasteiger partial charge in [-0.3, -0.25) is 4.79 Å². The van der Waals surface area contributed by atoms with Gasteiger partial charge in [-0.2, -0.15) is 0 Å². The van der Waals surface area contributed by atoms with Crippen molar-refractivity contribution in [3.05, 3.63) is 30.1 Å².